The second kappa shape index (κ2) is 7.54. The summed E-state index contributed by atoms with van der Waals surface area (Å²) in [7, 11) is -0.220. The maximum atomic E-state index is 10.3. The molecule has 0 bridgehead atoms. The first-order valence-corrected chi connectivity index (χ1v) is 6.52. The molecule has 2 nitrogen and oxygen atoms in total. The first-order valence-electron chi connectivity index (χ1n) is 5.79. The van der Waals surface area contributed by atoms with E-state index < -0.39 is 0 Å². The van der Waals surface area contributed by atoms with Crippen molar-refractivity contribution in [2.24, 2.45) is 0 Å². The van der Waals surface area contributed by atoms with Crippen LogP contribution in [0.5, 0.6) is 0 Å². The lowest BCUT2D eigenvalue weighted by Gasteiger charge is -2.15. The van der Waals surface area contributed by atoms with Crippen molar-refractivity contribution in [3.05, 3.63) is 35.4 Å². The lowest BCUT2D eigenvalue weighted by atomic mass is 9.94. The molecule has 0 amide bonds. The van der Waals surface area contributed by atoms with Crippen molar-refractivity contribution in [2.45, 2.75) is 39.0 Å². The van der Waals surface area contributed by atoms with E-state index in [-0.39, 0.29) is 8.69 Å². The van der Waals surface area contributed by atoms with E-state index in [0.29, 0.717) is 12.5 Å². The lowest BCUT2D eigenvalue weighted by Crippen LogP contribution is -2.04. The molecule has 1 atom stereocenters. The van der Waals surface area contributed by atoms with Gasteiger partial charge in [0.05, 0.1) is 6.61 Å². The Hall–Kier alpha value is -0.720. The van der Waals surface area contributed by atoms with Crippen molar-refractivity contribution < 1.29 is 9.09 Å². The van der Waals surface area contributed by atoms with Crippen molar-refractivity contribution in [1.29, 1.82) is 0 Å². The number of unbranched alkanes of at least 4 members (excludes halogenated alkanes) is 1. The minimum Gasteiger partial charge on any atom is -0.294 e. The number of aryl methyl sites for hydroxylation is 1. The van der Waals surface area contributed by atoms with Gasteiger partial charge in [-0.2, -0.15) is 0 Å². The Morgan fingerprint density at radius 1 is 1.31 bits per heavy atom. The van der Waals surface area contributed by atoms with Crippen LogP contribution in [0.3, 0.4) is 0 Å². The Morgan fingerprint density at radius 2 is 2.00 bits per heavy atom. The Balaban J connectivity index is 2.66. The smallest absolute Gasteiger partial charge is 0.294 e. The largest absolute Gasteiger partial charge is 0.327 e. The first kappa shape index (κ1) is 13.3. The van der Waals surface area contributed by atoms with Crippen molar-refractivity contribution in [1.82, 2.24) is 0 Å². The van der Waals surface area contributed by atoms with Gasteiger partial charge >= 0.3 is 8.69 Å². The molecule has 0 spiro atoms. The minimum absolute atomic E-state index is 0.220. The molecular formula is C13H19O2P. The maximum Gasteiger partial charge on any atom is 0.327 e. The van der Waals surface area contributed by atoms with Crippen molar-refractivity contribution >= 4 is 8.69 Å². The van der Waals surface area contributed by atoms with Crippen LogP contribution in [0.15, 0.2) is 24.3 Å². The van der Waals surface area contributed by atoms with Crippen LogP contribution in [-0.2, 0) is 9.09 Å². The zero-order valence-corrected chi connectivity index (χ0v) is 10.9. The van der Waals surface area contributed by atoms with Gasteiger partial charge in [0.15, 0.2) is 0 Å². The Morgan fingerprint density at radius 3 is 2.56 bits per heavy atom. The van der Waals surface area contributed by atoms with Crippen molar-refractivity contribution in [3.63, 3.8) is 0 Å². The second-order valence-electron chi connectivity index (χ2n) is 4.12. The SMILES string of the molecule is CCCCC(COP=O)c1ccc(C)cc1. The fourth-order valence-corrected chi connectivity index (χ4v) is 2.00. The molecule has 0 heterocycles. The van der Waals surface area contributed by atoms with E-state index in [4.69, 9.17) is 4.52 Å². The fraction of sp³-hybridized carbons (Fsp3) is 0.538. The third-order valence-electron chi connectivity index (χ3n) is 2.78. The highest BCUT2D eigenvalue weighted by Gasteiger charge is 2.11. The molecule has 0 radical (unpaired) electrons. The lowest BCUT2D eigenvalue weighted by molar-refractivity contribution is 0.301. The van der Waals surface area contributed by atoms with Gasteiger partial charge in [0.1, 0.15) is 0 Å². The summed E-state index contributed by atoms with van der Waals surface area (Å²) < 4.78 is 15.3. The van der Waals surface area contributed by atoms with Crippen LogP contribution in [0.25, 0.3) is 0 Å². The van der Waals surface area contributed by atoms with Crippen LogP contribution >= 0.6 is 8.69 Å². The van der Waals surface area contributed by atoms with Crippen LogP contribution in [-0.4, -0.2) is 6.61 Å². The number of rotatable bonds is 7. The topological polar surface area (TPSA) is 26.3 Å². The predicted molar refractivity (Wildman–Crippen MR) is 67.0 cm³/mol. The highest BCUT2D eigenvalue weighted by Crippen LogP contribution is 2.24. The molecule has 1 rings (SSSR count). The molecule has 0 aromatic heterocycles. The maximum absolute atomic E-state index is 10.3. The van der Waals surface area contributed by atoms with Gasteiger partial charge in [0.25, 0.3) is 0 Å². The molecular weight excluding hydrogens is 219 g/mol. The van der Waals surface area contributed by atoms with Gasteiger partial charge in [-0.3, -0.25) is 4.52 Å². The standard InChI is InChI=1S/C13H19O2P/c1-3-4-5-13(10-15-16-14)12-8-6-11(2)7-9-12/h6-9,13H,3-5,10H2,1-2H3. The molecule has 0 aliphatic rings. The second-order valence-corrected chi connectivity index (χ2v) is 4.53. The number of benzene rings is 1. The highest BCUT2D eigenvalue weighted by atomic mass is 31.1. The number of hydrogen-bond acceptors (Lipinski definition) is 2. The fourth-order valence-electron chi connectivity index (χ4n) is 1.76. The monoisotopic (exact) mass is 238 g/mol. The highest BCUT2D eigenvalue weighted by molar-refractivity contribution is 7.17. The van der Waals surface area contributed by atoms with E-state index in [9.17, 15) is 4.57 Å². The summed E-state index contributed by atoms with van der Waals surface area (Å²) in [5.74, 6) is 0.363. The van der Waals surface area contributed by atoms with Gasteiger partial charge in [-0.25, -0.2) is 4.57 Å². The zero-order chi connectivity index (χ0) is 11.8. The van der Waals surface area contributed by atoms with Gasteiger partial charge in [0, 0.05) is 5.92 Å². The Bertz CT molecular complexity index is 308. The van der Waals surface area contributed by atoms with Gasteiger partial charge in [0.2, 0.25) is 0 Å². The van der Waals surface area contributed by atoms with Crippen molar-refractivity contribution in [2.75, 3.05) is 6.61 Å². The summed E-state index contributed by atoms with van der Waals surface area (Å²) in [5, 5.41) is 0. The summed E-state index contributed by atoms with van der Waals surface area (Å²) in [6, 6.07) is 8.51. The quantitative estimate of drug-likeness (QED) is 0.654. The van der Waals surface area contributed by atoms with E-state index in [1.54, 1.807) is 0 Å². The van der Waals surface area contributed by atoms with Gasteiger partial charge in [-0.05, 0) is 18.9 Å². The minimum atomic E-state index is -0.220. The molecule has 0 aliphatic heterocycles. The molecule has 0 aliphatic carbocycles. The van der Waals surface area contributed by atoms with Crippen LogP contribution in [0, 0.1) is 6.92 Å². The first-order chi connectivity index (χ1) is 7.77. The number of hydrogen-bond donors (Lipinski definition) is 0. The van der Waals surface area contributed by atoms with Gasteiger partial charge in [-0.1, -0.05) is 49.6 Å². The molecule has 0 saturated carbocycles. The Kier molecular flexibility index (Phi) is 6.29. The van der Waals surface area contributed by atoms with Crippen LogP contribution in [0.2, 0.25) is 0 Å². The summed E-state index contributed by atoms with van der Waals surface area (Å²) in [5.41, 5.74) is 2.54. The molecule has 88 valence electrons. The molecule has 1 aromatic carbocycles. The van der Waals surface area contributed by atoms with E-state index in [2.05, 4.69) is 38.1 Å². The summed E-state index contributed by atoms with van der Waals surface area (Å²) in [4.78, 5) is 0. The molecule has 3 heteroatoms. The normalized spacial score (nSPS) is 12.9. The molecule has 16 heavy (non-hydrogen) atoms. The van der Waals surface area contributed by atoms with E-state index in [0.717, 1.165) is 6.42 Å². The van der Waals surface area contributed by atoms with E-state index >= 15 is 0 Å². The van der Waals surface area contributed by atoms with Crippen LogP contribution in [0.1, 0.15) is 43.2 Å². The molecule has 0 fully saturated rings. The van der Waals surface area contributed by atoms with Crippen LogP contribution < -0.4 is 0 Å². The molecule has 0 saturated heterocycles. The summed E-state index contributed by atoms with van der Waals surface area (Å²) >= 11 is 0. The van der Waals surface area contributed by atoms with E-state index in [1.165, 1.54) is 24.0 Å². The van der Waals surface area contributed by atoms with E-state index in [1.807, 2.05) is 0 Å². The van der Waals surface area contributed by atoms with Gasteiger partial charge < -0.3 is 0 Å². The average Bonchev–Trinajstić information content (AvgIpc) is 2.31. The zero-order valence-electron chi connectivity index (χ0n) is 9.98. The molecule has 1 unspecified atom stereocenters. The molecule has 0 N–H and O–H groups in total. The van der Waals surface area contributed by atoms with Gasteiger partial charge in [-0.15, -0.1) is 0 Å². The molecule has 1 aromatic rings. The summed E-state index contributed by atoms with van der Waals surface area (Å²) in [6.07, 6.45) is 3.45. The van der Waals surface area contributed by atoms with Crippen LogP contribution in [0.4, 0.5) is 0 Å². The Labute approximate surface area is 99.3 Å². The predicted octanol–water partition coefficient (Wildman–Crippen LogP) is 4.49. The van der Waals surface area contributed by atoms with Crippen molar-refractivity contribution in [3.8, 4) is 0 Å². The average molecular weight is 238 g/mol. The third-order valence-corrected chi connectivity index (χ3v) is 3.04. The third kappa shape index (κ3) is 4.42. The summed E-state index contributed by atoms with van der Waals surface area (Å²) in [6.45, 7) is 4.80.